The van der Waals surface area contributed by atoms with Gasteiger partial charge in [-0.1, -0.05) is 55.8 Å². The van der Waals surface area contributed by atoms with E-state index in [1.807, 2.05) is 36.4 Å². The molecule has 0 radical (unpaired) electrons. The van der Waals surface area contributed by atoms with E-state index in [-0.39, 0.29) is 0 Å². The number of carbonyl (C=O) groups excluding carboxylic acids is 1. The number of rotatable bonds is 6. The van der Waals surface area contributed by atoms with Crippen LogP contribution in [-0.4, -0.2) is 5.91 Å². The monoisotopic (exact) mass is 307 g/mol. The molecule has 0 fully saturated rings. The maximum Gasteiger partial charge on any atom is 0.252 e. The van der Waals surface area contributed by atoms with Gasteiger partial charge in [0.15, 0.2) is 0 Å². The van der Waals surface area contributed by atoms with Crippen molar-refractivity contribution in [3.63, 3.8) is 0 Å². The molecule has 2 N–H and O–H groups in total. The molecule has 1 heterocycles. The van der Waals surface area contributed by atoms with Crippen LogP contribution in [0.2, 0.25) is 0 Å². The summed E-state index contributed by atoms with van der Waals surface area (Å²) in [7, 11) is 0. The maximum absolute atomic E-state index is 12.0. The highest BCUT2D eigenvalue weighted by atomic mass is 16.3. The Hall–Kier alpha value is -2.55. The summed E-state index contributed by atoms with van der Waals surface area (Å²) in [5.41, 5.74) is 9.24. The van der Waals surface area contributed by atoms with Gasteiger partial charge in [0, 0.05) is 11.8 Å². The third-order valence-electron chi connectivity index (χ3n) is 4.12. The number of unbranched alkanes of at least 4 members (excludes halogenated alkanes) is 1. The predicted molar refractivity (Wildman–Crippen MR) is 92.6 cm³/mol. The number of hydrogen-bond acceptors (Lipinski definition) is 2. The second-order valence-electron chi connectivity index (χ2n) is 5.82. The fourth-order valence-corrected chi connectivity index (χ4v) is 3.01. The standard InChI is InChI=1S/C20H21NO2/c1-2-3-11-17-19(20(21)22)18-15(10-7-12-16(18)23-17)13-14-8-5-4-6-9-14/h4-10,12H,2-3,11,13H2,1H3,(H2,21,22). The second kappa shape index (κ2) is 6.69. The largest absolute Gasteiger partial charge is 0.460 e. The van der Waals surface area contributed by atoms with Crippen molar-refractivity contribution in [2.75, 3.05) is 0 Å². The lowest BCUT2D eigenvalue weighted by Gasteiger charge is -2.05. The second-order valence-corrected chi connectivity index (χ2v) is 5.82. The zero-order valence-corrected chi connectivity index (χ0v) is 13.3. The van der Waals surface area contributed by atoms with Crippen LogP contribution in [0.5, 0.6) is 0 Å². The number of furan rings is 1. The van der Waals surface area contributed by atoms with E-state index in [0.29, 0.717) is 5.56 Å². The highest BCUT2D eigenvalue weighted by Gasteiger charge is 2.20. The van der Waals surface area contributed by atoms with Crippen molar-refractivity contribution in [2.24, 2.45) is 5.73 Å². The van der Waals surface area contributed by atoms with Gasteiger partial charge in [-0.15, -0.1) is 0 Å². The van der Waals surface area contributed by atoms with Crippen LogP contribution >= 0.6 is 0 Å². The number of carbonyl (C=O) groups is 1. The number of primary amides is 1. The molecule has 0 aliphatic carbocycles. The average molecular weight is 307 g/mol. The summed E-state index contributed by atoms with van der Waals surface area (Å²) < 4.78 is 5.94. The van der Waals surface area contributed by atoms with Gasteiger partial charge in [-0.2, -0.15) is 0 Å². The Labute approximate surface area is 136 Å². The Morgan fingerprint density at radius 1 is 1.09 bits per heavy atom. The zero-order valence-electron chi connectivity index (χ0n) is 13.3. The topological polar surface area (TPSA) is 56.2 Å². The molecule has 23 heavy (non-hydrogen) atoms. The van der Waals surface area contributed by atoms with Gasteiger partial charge in [-0.3, -0.25) is 4.79 Å². The van der Waals surface area contributed by atoms with Gasteiger partial charge in [-0.25, -0.2) is 0 Å². The number of amides is 1. The molecule has 118 valence electrons. The number of aryl methyl sites for hydroxylation is 1. The van der Waals surface area contributed by atoms with Gasteiger partial charge >= 0.3 is 0 Å². The zero-order chi connectivity index (χ0) is 16.2. The van der Waals surface area contributed by atoms with Crippen LogP contribution in [0.15, 0.2) is 52.9 Å². The number of benzene rings is 2. The highest BCUT2D eigenvalue weighted by Crippen LogP contribution is 2.31. The van der Waals surface area contributed by atoms with E-state index in [9.17, 15) is 4.79 Å². The summed E-state index contributed by atoms with van der Waals surface area (Å²) in [6, 6.07) is 16.1. The smallest absolute Gasteiger partial charge is 0.252 e. The van der Waals surface area contributed by atoms with Crippen LogP contribution in [0.3, 0.4) is 0 Å². The summed E-state index contributed by atoms with van der Waals surface area (Å²) in [6.45, 7) is 2.12. The Balaban J connectivity index is 2.11. The van der Waals surface area contributed by atoms with Crippen molar-refractivity contribution >= 4 is 16.9 Å². The number of hydrogen-bond donors (Lipinski definition) is 1. The molecule has 0 saturated carbocycles. The molecular formula is C20H21NO2. The highest BCUT2D eigenvalue weighted by molar-refractivity contribution is 6.07. The van der Waals surface area contributed by atoms with E-state index < -0.39 is 5.91 Å². The van der Waals surface area contributed by atoms with Crippen LogP contribution in [0.25, 0.3) is 11.0 Å². The first kappa shape index (κ1) is 15.3. The quantitative estimate of drug-likeness (QED) is 0.730. The Bertz CT molecular complexity index is 818. The molecule has 0 spiro atoms. The van der Waals surface area contributed by atoms with E-state index in [0.717, 1.165) is 48.0 Å². The summed E-state index contributed by atoms with van der Waals surface area (Å²) in [6.07, 6.45) is 3.53. The van der Waals surface area contributed by atoms with E-state index >= 15 is 0 Å². The molecule has 0 bridgehead atoms. The fourth-order valence-electron chi connectivity index (χ4n) is 3.01. The first-order chi connectivity index (χ1) is 11.2. The molecule has 3 aromatic rings. The van der Waals surface area contributed by atoms with E-state index in [2.05, 4.69) is 19.1 Å². The first-order valence-corrected chi connectivity index (χ1v) is 8.07. The van der Waals surface area contributed by atoms with Crippen LogP contribution in [-0.2, 0) is 12.8 Å². The first-order valence-electron chi connectivity index (χ1n) is 8.07. The van der Waals surface area contributed by atoms with E-state index in [4.69, 9.17) is 10.2 Å². The summed E-state index contributed by atoms with van der Waals surface area (Å²) >= 11 is 0. The molecule has 1 aromatic heterocycles. The molecule has 3 rings (SSSR count). The minimum atomic E-state index is -0.407. The third kappa shape index (κ3) is 3.14. The summed E-state index contributed by atoms with van der Waals surface area (Å²) in [4.78, 5) is 12.0. The lowest BCUT2D eigenvalue weighted by atomic mass is 9.97. The van der Waals surface area contributed by atoms with Crippen molar-refractivity contribution in [1.29, 1.82) is 0 Å². The van der Waals surface area contributed by atoms with E-state index in [1.165, 1.54) is 5.56 Å². The summed E-state index contributed by atoms with van der Waals surface area (Å²) in [5, 5.41) is 0.870. The van der Waals surface area contributed by atoms with Crippen molar-refractivity contribution < 1.29 is 9.21 Å². The normalized spacial score (nSPS) is 11.0. The van der Waals surface area contributed by atoms with Gasteiger partial charge < -0.3 is 10.2 Å². The molecule has 0 atom stereocenters. The van der Waals surface area contributed by atoms with Crippen LogP contribution in [0.1, 0.15) is 47.0 Å². The van der Waals surface area contributed by atoms with Gasteiger partial charge in [0.2, 0.25) is 0 Å². The van der Waals surface area contributed by atoms with Crippen molar-refractivity contribution in [2.45, 2.75) is 32.6 Å². The molecule has 0 saturated heterocycles. The Kier molecular flexibility index (Phi) is 4.47. The molecule has 3 heteroatoms. The Morgan fingerprint density at radius 3 is 2.57 bits per heavy atom. The van der Waals surface area contributed by atoms with Crippen LogP contribution < -0.4 is 5.73 Å². The SMILES string of the molecule is CCCCc1oc2cccc(Cc3ccccc3)c2c1C(N)=O. The minimum Gasteiger partial charge on any atom is -0.460 e. The molecule has 0 aliphatic heterocycles. The van der Waals surface area contributed by atoms with Gasteiger partial charge in [0.25, 0.3) is 5.91 Å². The lowest BCUT2D eigenvalue weighted by Crippen LogP contribution is -2.13. The predicted octanol–water partition coefficient (Wildman–Crippen LogP) is 4.47. The maximum atomic E-state index is 12.0. The van der Waals surface area contributed by atoms with Crippen LogP contribution in [0.4, 0.5) is 0 Å². The fraction of sp³-hybridized carbons (Fsp3) is 0.250. The van der Waals surface area contributed by atoms with Crippen molar-refractivity contribution in [1.82, 2.24) is 0 Å². The third-order valence-corrected chi connectivity index (χ3v) is 4.12. The van der Waals surface area contributed by atoms with Gasteiger partial charge in [-0.05, 0) is 30.0 Å². The van der Waals surface area contributed by atoms with E-state index in [1.54, 1.807) is 0 Å². The molecule has 0 aliphatic rings. The average Bonchev–Trinajstić information content (AvgIpc) is 2.93. The molecule has 3 nitrogen and oxygen atoms in total. The van der Waals surface area contributed by atoms with Crippen molar-refractivity contribution in [3.05, 3.63) is 71.0 Å². The summed E-state index contributed by atoms with van der Waals surface area (Å²) in [5.74, 6) is 0.310. The Morgan fingerprint density at radius 2 is 1.87 bits per heavy atom. The molecule has 1 amide bonds. The number of fused-ring (bicyclic) bond motifs is 1. The molecule has 0 unspecified atom stereocenters. The van der Waals surface area contributed by atoms with Crippen molar-refractivity contribution in [3.8, 4) is 0 Å². The van der Waals surface area contributed by atoms with Crippen LogP contribution in [0, 0.1) is 0 Å². The minimum absolute atomic E-state index is 0.407. The molecule has 2 aromatic carbocycles. The lowest BCUT2D eigenvalue weighted by molar-refractivity contribution is 0.0999. The molecular weight excluding hydrogens is 286 g/mol. The van der Waals surface area contributed by atoms with Gasteiger partial charge in [0.05, 0.1) is 5.56 Å². The van der Waals surface area contributed by atoms with Gasteiger partial charge in [0.1, 0.15) is 11.3 Å². The number of nitrogens with two attached hydrogens (primary N) is 1.